The van der Waals surface area contributed by atoms with Gasteiger partial charge in [0.05, 0.1) is 12.1 Å². The molecule has 0 saturated carbocycles. The zero-order chi connectivity index (χ0) is 22.6. The summed E-state index contributed by atoms with van der Waals surface area (Å²) in [6.45, 7) is 5.69. The molecule has 3 aromatic carbocycles. The quantitative estimate of drug-likeness (QED) is 0.490. The molecule has 1 aliphatic rings. The van der Waals surface area contributed by atoms with Gasteiger partial charge in [-0.1, -0.05) is 65.4 Å². The molecule has 0 radical (unpaired) electrons. The minimum Gasteiger partial charge on any atom is -0.349 e. The van der Waals surface area contributed by atoms with Crippen molar-refractivity contribution in [3.8, 4) is 0 Å². The lowest BCUT2D eigenvalue weighted by Gasteiger charge is -2.32. The summed E-state index contributed by atoms with van der Waals surface area (Å²) in [6, 6.07) is 24.8. The Balaban J connectivity index is 1.18. The SMILES string of the molecule is Cc1ccc(Cn2nnc3cc(C(=O)NC4CCN(Cc5ccccc5)CC4)ccc32)cc1. The van der Waals surface area contributed by atoms with E-state index in [1.807, 2.05) is 28.9 Å². The summed E-state index contributed by atoms with van der Waals surface area (Å²) in [6.07, 6.45) is 1.93. The molecule has 6 nitrogen and oxygen atoms in total. The summed E-state index contributed by atoms with van der Waals surface area (Å²) in [4.78, 5) is 15.3. The van der Waals surface area contributed by atoms with Crippen LogP contribution in [0.25, 0.3) is 11.0 Å². The molecule has 1 N–H and O–H groups in total. The van der Waals surface area contributed by atoms with Crippen molar-refractivity contribution in [2.45, 2.75) is 38.9 Å². The van der Waals surface area contributed by atoms with Gasteiger partial charge < -0.3 is 5.32 Å². The summed E-state index contributed by atoms with van der Waals surface area (Å²) in [5.74, 6) is -0.0357. The van der Waals surface area contributed by atoms with Gasteiger partial charge in [-0.15, -0.1) is 5.10 Å². The molecule has 1 aromatic heterocycles. The van der Waals surface area contributed by atoms with E-state index >= 15 is 0 Å². The minimum atomic E-state index is -0.0357. The van der Waals surface area contributed by atoms with Gasteiger partial charge in [0, 0.05) is 31.2 Å². The van der Waals surface area contributed by atoms with E-state index in [-0.39, 0.29) is 11.9 Å². The van der Waals surface area contributed by atoms with Crippen LogP contribution >= 0.6 is 0 Å². The third-order valence-electron chi connectivity index (χ3n) is 6.40. The van der Waals surface area contributed by atoms with Crippen LogP contribution in [-0.2, 0) is 13.1 Å². The Hall–Kier alpha value is -3.51. The summed E-state index contributed by atoms with van der Waals surface area (Å²) in [7, 11) is 0. The molecule has 6 heteroatoms. The second-order valence-electron chi connectivity index (χ2n) is 8.95. The number of piperidine rings is 1. The third-order valence-corrected chi connectivity index (χ3v) is 6.40. The summed E-state index contributed by atoms with van der Waals surface area (Å²) >= 11 is 0. The highest BCUT2D eigenvalue weighted by molar-refractivity contribution is 5.97. The molecule has 4 aromatic rings. The fourth-order valence-electron chi connectivity index (χ4n) is 4.44. The fraction of sp³-hybridized carbons (Fsp3) is 0.296. The maximum Gasteiger partial charge on any atom is 0.251 e. The number of nitrogens with zero attached hydrogens (tertiary/aromatic N) is 4. The van der Waals surface area contributed by atoms with Crippen LogP contribution in [-0.4, -0.2) is 44.9 Å². The van der Waals surface area contributed by atoms with E-state index in [2.05, 4.69) is 76.0 Å². The zero-order valence-electron chi connectivity index (χ0n) is 18.9. The molecule has 2 heterocycles. The van der Waals surface area contributed by atoms with Gasteiger partial charge in [-0.05, 0) is 49.1 Å². The molecule has 0 unspecified atom stereocenters. The average Bonchev–Trinajstić information content (AvgIpc) is 3.24. The van der Waals surface area contributed by atoms with Gasteiger partial charge in [-0.25, -0.2) is 4.68 Å². The van der Waals surface area contributed by atoms with Crippen LogP contribution in [0.3, 0.4) is 0 Å². The lowest BCUT2D eigenvalue weighted by molar-refractivity contribution is 0.0909. The highest BCUT2D eigenvalue weighted by Crippen LogP contribution is 2.18. The Bertz CT molecular complexity index is 1220. The zero-order valence-corrected chi connectivity index (χ0v) is 18.9. The standard InChI is InChI=1S/C27H29N5O/c1-20-7-9-22(10-8-20)19-32-26-12-11-23(17-25(26)29-30-32)27(33)28-24-13-15-31(16-14-24)18-21-5-3-2-4-6-21/h2-12,17,24H,13-16,18-19H2,1H3,(H,28,33). The Morgan fingerprint density at radius 3 is 2.42 bits per heavy atom. The van der Waals surface area contributed by atoms with Gasteiger partial charge in [-0.3, -0.25) is 9.69 Å². The predicted molar refractivity (Wildman–Crippen MR) is 130 cm³/mol. The van der Waals surface area contributed by atoms with Crippen molar-refractivity contribution < 1.29 is 4.79 Å². The summed E-state index contributed by atoms with van der Waals surface area (Å²) in [5.41, 5.74) is 6.06. The maximum absolute atomic E-state index is 12.9. The van der Waals surface area contributed by atoms with Crippen LogP contribution in [0, 0.1) is 6.92 Å². The number of carbonyl (C=O) groups excluding carboxylic acids is 1. The highest BCUT2D eigenvalue weighted by Gasteiger charge is 2.21. The highest BCUT2D eigenvalue weighted by atomic mass is 16.1. The summed E-state index contributed by atoms with van der Waals surface area (Å²) < 4.78 is 1.88. The van der Waals surface area contributed by atoms with Crippen molar-refractivity contribution in [3.63, 3.8) is 0 Å². The van der Waals surface area contributed by atoms with Crippen molar-refractivity contribution in [2.75, 3.05) is 13.1 Å². The van der Waals surface area contributed by atoms with E-state index in [9.17, 15) is 4.79 Å². The van der Waals surface area contributed by atoms with Crippen LogP contribution < -0.4 is 5.32 Å². The number of fused-ring (bicyclic) bond motifs is 1. The van der Waals surface area contributed by atoms with E-state index in [1.54, 1.807) is 0 Å². The van der Waals surface area contributed by atoms with Crippen LogP contribution in [0.15, 0.2) is 72.8 Å². The first kappa shape index (κ1) is 21.3. The number of rotatable bonds is 6. The average molecular weight is 440 g/mol. The van der Waals surface area contributed by atoms with Gasteiger partial charge >= 0.3 is 0 Å². The second kappa shape index (κ2) is 9.55. The maximum atomic E-state index is 12.9. The number of nitrogens with one attached hydrogen (secondary N) is 1. The van der Waals surface area contributed by atoms with Crippen molar-refractivity contribution in [1.29, 1.82) is 0 Å². The molecule has 33 heavy (non-hydrogen) atoms. The lowest BCUT2D eigenvalue weighted by atomic mass is 10.0. The van der Waals surface area contributed by atoms with E-state index in [1.165, 1.54) is 16.7 Å². The lowest BCUT2D eigenvalue weighted by Crippen LogP contribution is -2.44. The van der Waals surface area contributed by atoms with Gasteiger partial charge in [0.2, 0.25) is 0 Å². The van der Waals surface area contributed by atoms with Crippen LogP contribution in [0.4, 0.5) is 0 Å². The first-order chi connectivity index (χ1) is 16.1. The molecule has 0 spiro atoms. The fourth-order valence-corrected chi connectivity index (χ4v) is 4.44. The number of carbonyl (C=O) groups is 1. The van der Waals surface area contributed by atoms with E-state index in [0.717, 1.165) is 43.5 Å². The van der Waals surface area contributed by atoms with Crippen molar-refractivity contribution >= 4 is 16.9 Å². The number of benzene rings is 3. The van der Waals surface area contributed by atoms with Crippen molar-refractivity contribution in [2.24, 2.45) is 0 Å². The van der Waals surface area contributed by atoms with Crippen LogP contribution in [0.2, 0.25) is 0 Å². The molecular weight excluding hydrogens is 410 g/mol. The molecule has 1 aliphatic heterocycles. The smallest absolute Gasteiger partial charge is 0.251 e. The van der Waals surface area contributed by atoms with Gasteiger partial charge in [0.1, 0.15) is 5.52 Å². The van der Waals surface area contributed by atoms with Crippen LogP contribution in [0.5, 0.6) is 0 Å². The topological polar surface area (TPSA) is 63.1 Å². The van der Waals surface area contributed by atoms with Gasteiger partial charge in [0.15, 0.2) is 0 Å². The van der Waals surface area contributed by atoms with Gasteiger partial charge in [0.25, 0.3) is 5.91 Å². The van der Waals surface area contributed by atoms with Gasteiger partial charge in [-0.2, -0.15) is 0 Å². The molecule has 1 saturated heterocycles. The van der Waals surface area contributed by atoms with Crippen molar-refractivity contribution in [3.05, 3.63) is 95.1 Å². The molecular formula is C27H29N5O. The predicted octanol–water partition coefficient (Wildman–Crippen LogP) is 4.18. The molecule has 168 valence electrons. The van der Waals surface area contributed by atoms with E-state index < -0.39 is 0 Å². The molecule has 1 fully saturated rings. The second-order valence-corrected chi connectivity index (χ2v) is 8.95. The Morgan fingerprint density at radius 2 is 1.67 bits per heavy atom. The largest absolute Gasteiger partial charge is 0.349 e. The minimum absolute atomic E-state index is 0.0357. The Labute approximate surface area is 194 Å². The number of hydrogen-bond donors (Lipinski definition) is 1. The molecule has 0 atom stereocenters. The monoisotopic (exact) mass is 439 g/mol. The van der Waals surface area contributed by atoms with Crippen LogP contribution in [0.1, 0.15) is 39.9 Å². The third kappa shape index (κ3) is 5.12. The molecule has 0 bridgehead atoms. The Morgan fingerprint density at radius 1 is 0.939 bits per heavy atom. The number of amides is 1. The van der Waals surface area contributed by atoms with E-state index in [4.69, 9.17) is 0 Å². The summed E-state index contributed by atoms with van der Waals surface area (Å²) in [5, 5.41) is 11.8. The Kier molecular flexibility index (Phi) is 6.17. The van der Waals surface area contributed by atoms with E-state index in [0.29, 0.717) is 12.1 Å². The first-order valence-corrected chi connectivity index (χ1v) is 11.6. The number of likely N-dealkylation sites (tertiary alicyclic amines) is 1. The first-order valence-electron chi connectivity index (χ1n) is 11.6. The number of aromatic nitrogens is 3. The molecule has 1 amide bonds. The number of hydrogen-bond acceptors (Lipinski definition) is 4. The van der Waals surface area contributed by atoms with Crippen molar-refractivity contribution in [1.82, 2.24) is 25.2 Å². The number of aryl methyl sites for hydroxylation is 1. The normalized spacial score (nSPS) is 15.1. The molecule has 0 aliphatic carbocycles. The molecule has 5 rings (SSSR count).